The van der Waals surface area contributed by atoms with Gasteiger partial charge in [-0.25, -0.2) is 14.4 Å². The molecule has 2 aromatic heterocycles. The van der Waals surface area contributed by atoms with E-state index in [2.05, 4.69) is 10.3 Å². The van der Waals surface area contributed by atoms with Gasteiger partial charge in [0.05, 0.1) is 18.2 Å². The van der Waals surface area contributed by atoms with Gasteiger partial charge in [0.25, 0.3) is 0 Å². The van der Waals surface area contributed by atoms with E-state index in [1.54, 1.807) is 41.4 Å². The number of amides is 2. The molecule has 1 fully saturated rings. The maximum atomic E-state index is 13.8. The van der Waals surface area contributed by atoms with E-state index in [-0.39, 0.29) is 30.0 Å². The summed E-state index contributed by atoms with van der Waals surface area (Å²) in [4.78, 5) is 42.0. The Hall–Kier alpha value is -3.88. The number of fused-ring (bicyclic) bond motifs is 1. The van der Waals surface area contributed by atoms with Crippen LogP contribution >= 0.6 is 0 Å². The van der Waals surface area contributed by atoms with Crippen LogP contribution in [0.5, 0.6) is 0 Å². The number of likely N-dealkylation sites (tertiary alicyclic amines) is 1. The normalized spacial score (nSPS) is 17.8. The highest BCUT2D eigenvalue weighted by Crippen LogP contribution is 2.31. The van der Waals surface area contributed by atoms with Crippen LogP contribution in [0.25, 0.3) is 11.4 Å². The lowest BCUT2D eigenvalue weighted by molar-refractivity contribution is -0.136. The van der Waals surface area contributed by atoms with Gasteiger partial charge in [0.15, 0.2) is 5.82 Å². The molecule has 3 aromatic rings. The SMILES string of the molecule is CN1C[C@@H](C(=O)N2CCc3nc(-c4ccncc4)nc(Nc4cccc(F)c4)c3C2)CC1=O. The number of aromatic nitrogens is 3. The van der Waals surface area contributed by atoms with Gasteiger partial charge in [0.2, 0.25) is 11.8 Å². The first-order valence-corrected chi connectivity index (χ1v) is 10.8. The molecule has 4 heterocycles. The fourth-order valence-corrected chi connectivity index (χ4v) is 4.33. The summed E-state index contributed by atoms with van der Waals surface area (Å²) >= 11 is 0. The van der Waals surface area contributed by atoms with Crippen LogP contribution in [0, 0.1) is 11.7 Å². The van der Waals surface area contributed by atoms with E-state index in [0.29, 0.717) is 43.4 Å². The van der Waals surface area contributed by atoms with Crippen molar-refractivity contribution < 1.29 is 14.0 Å². The molecule has 2 aliphatic rings. The summed E-state index contributed by atoms with van der Waals surface area (Å²) in [7, 11) is 1.72. The average molecular weight is 446 g/mol. The van der Waals surface area contributed by atoms with Crippen molar-refractivity contribution in [3.05, 3.63) is 65.9 Å². The molecule has 0 saturated carbocycles. The molecule has 5 rings (SSSR count). The van der Waals surface area contributed by atoms with Crippen LogP contribution in [0.4, 0.5) is 15.9 Å². The van der Waals surface area contributed by atoms with Gasteiger partial charge in [0, 0.05) is 62.2 Å². The van der Waals surface area contributed by atoms with Crippen LogP contribution < -0.4 is 5.32 Å². The van der Waals surface area contributed by atoms with Gasteiger partial charge >= 0.3 is 0 Å². The summed E-state index contributed by atoms with van der Waals surface area (Å²) in [5.74, 6) is 0.343. The van der Waals surface area contributed by atoms with Crippen LogP contribution in [-0.4, -0.2) is 56.7 Å². The molecule has 9 heteroatoms. The van der Waals surface area contributed by atoms with Crippen molar-refractivity contribution in [1.82, 2.24) is 24.8 Å². The molecule has 0 aliphatic carbocycles. The Bertz CT molecular complexity index is 1220. The monoisotopic (exact) mass is 446 g/mol. The molecule has 1 atom stereocenters. The van der Waals surface area contributed by atoms with Crippen molar-refractivity contribution in [3.63, 3.8) is 0 Å². The molecule has 0 bridgehead atoms. The number of hydrogen-bond acceptors (Lipinski definition) is 6. The Morgan fingerprint density at radius 3 is 2.73 bits per heavy atom. The lowest BCUT2D eigenvalue weighted by atomic mass is 10.0. The zero-order valence-corrected chi connectivity index (χ0v) is 18.2. The van der Waals surface area contributed by atoms with E-state index in [4.69, 9.17) is 9.97 Å². The van der Waals surface area contributed by atoms with Gasteiger partial charge in [-0.1, -0.05) is 6.07 Å². The standard InChI is InChI=1S/C24H23FN6O2/c1-30-13-16(11-21(30)32)24(33)31-10-7-20-19(14-31)23(27-18-4-2-3-17(25)12-18)29-22(28-20)15-5-8-26-9-6-15/h2-6,8-9,12,16H,7,10-11,13-14H2,1H3,(H,27,28,29)/t16-/m0/s1. The van der Waals surface area contributed by atoms with E-state index in [9.17, 15) is 14.0 Å². The molecule has 0 radical (unpaired) electrons. The number of hydrogen-bond donors (Lipinski definition) is 1. The van der Waals surface area contributed by atoms with Crippen molar-refractivity contribution in [3.8, 4) is 11.4 Å². The number of carbonyl (C=O) groups is 2. The molecule has 1 aromatic carbocycles. The summed E-state index contributed by atoms with van der Waals surface area (Å²) in [6.45, 7) is 1.29. The Morgan fingerprint density at radius 2 is 2.00 bits per heavy atom. The van der Waals surface area contributed by atoms with Crippen LogP contribution in [0.15, 0.2) is 48.8 Å². The van der Waals surface area contributed by atoms with Crippen molar-refractivity contribution in [2.45, 2.75) is 19.4 Å². The zero-order chi connectivity index (χ0) is 22.9. The third-order valence-electron chi connectivity index (χ3n) is 6.09. The van der Waals surface area contributed by atoms with Gasteiger partial charge in [-0.05, 0) is 30.3 Å². The quantitative estimate of drug-likeness (QED) is 0.663. The minimum absolute atomic E-state index is 0.00968. The fourth-order valence-electron chi connectivity index (χ4n) is 4.33. The van der Waals surface area contributed by atoms with E-state index >= 15 is 0 Å². The number of nitrogens with zero attached hydrogens (tertiary/aromatic N) is 5. The summed E-state index contributed by atoms with van der Waals surface area (Å²) in [6.07, 6.45) is 4.16. The van der Waals surface area contributed by atoms with E-state index < -0.39 is 0 Å². The van der Waals surface area contributed by atoms with Crippen LogP contribution in [-0.2, 0) is 22.6 Å². The van der Waals surface area contributed by atoms with Crippen molar-refractivity contribution in [2.24, 2.45) is 5.92 Å². The molecule has 1 saturated heterocycles. The highest BCUT2D eigenvalue weighted by molar-refractivity contribution is 5.89. The number of nitrogens with one attached hydrogen (secondary N) is 1. The maximum Gasteiger partial charge on any atom is 0.228 e. The highest BCUT2D eigenvalue weighted by atomic mass is 19.1. The minimum Gasteiger partial charge on any atom is -0.345 e. The Kier molecular flexibility index (Phi) is 5.45. The molecule has 0 spiro atoms. The molecular formula is C24H23FN6O2. The number of benzene rings is 1. The van der Waals surface area contributed by atoms with Gasteiger partial charge in [0.1, 0.15) is 11.6 Å². The molecule has 2 amide bonds. The first-order chi connectivity index (χ1) is 16.0. The number of carbonyl (C=O) groups excluding carboxylic acids is 2. The topological polar surface area (TPSA) is 91.3 Å². The van der Waals surface area contributed by atoms with Crippen molar-refractivity contribution in [1.29, 1.82) is 0 Å². The first kappa shape index (κ1) is 21.0. The highest BCUT2D eigenvalue weighted by Gasteiger charge is 2.36. The van der Waals surface area contributed by atoms with Crippen molar-refractivity contribution in [2.75, 3.05) is 25.5 Å². The lowest BCUT2D eigenvalue weighted by Gasteiger charge is -2.31. The molecular weight excluding hydrogens is 423 g/mol. The van der Waals surface area contributed by atoms with E-state index in [1.807, 2.05) is 12.1 Å². The minimum atomic E-state index is -0.357. The Morgan fingerprint density at radius 1 is 1.18 bits per heavy atom. The van der Waals surface area contributed by atoms with Crippen molar-refractivity contribution >= 4 is 23.3 Å². The molecule has 33 heavy (non-hydrogen) atoms. The summed E-state index contributed by atoms with van der Waals surface area (Å²) in [5, 5.41) is 3.22. The largest absolute Gasteiger partial charge is 0.345 e. The summed E-state index contributed by atoms with van der Waals surface area (Å²) in [6, 6.07) is 9.82. The van der Waals surface area contributed by atoms with Crippen LogP contribution in [0.3, 0.4) is 0 Å². The van der Waals surface area contributed by atoms with Gasteiger partial charge in [-0.3, -0.25) is 14.6 Å². The molecule has 0 unspecified atom stereocenters. The maximum absolute atomic E-state index is 13.8. The van der Waals surface area contributed by atoms with Gasteiger partial charge in [-0.15, -0.1) is 0 Å². The van der Waals surface area contributed by atoms with E-state index in [1.165, 1.54) is 12.1 Å². The summed E-state index contributed by atoms with van der Waals surface area (Å²) < 4.78 is 13.8. The third kappa shape index (κ3) is 4.26. The number of pyridine rings is 1. The predicted octanol–water partition coefficient (Wildman–Crippen LogP) is 2.78. The molecule has 2 aliphatic heterocycles. The predicted molar refractivity (Wildman–Crippen MR) is 120 cm³/mol. The Labute approximate surface area is 190 Å². The second-order valence-electron chi connectivity index (χ2n) is 8.38. The third-order valence-corrected chi connectivity index (χ3v) is 6.09. The van der Waals surface area contributed by atoms with E-state index in [0.717, 1.165) is 16.8 Å². The summed E-state index contributed by atoms with van der Waals surface area (Å²) in [5.41, 5.74) is 3.03. The number of halogens is 1. The molecule has 8 nitrogen and oxygen atoms in total. The first-order valence-electron chi connectivity index (χ1n) is 10.8. The fraction of sp³-hybridized carbons (Fsp3) is 0.292. The zero-order valence-electron chi connectivity index (χ0n) is 18.2. The van der Waals surface area contributed by atoms with Gasteiger partial charge < -0.3 is 15.1 Å². The Balaban J connectivity index is 1.49. The second kappa shape index (κ2) is 8.57. The number of anilines is 2. The number of rotatable bonds is 4. The van der Waals surface area contributed by atoms with Gasteiger partial charge in [-0.2, -0.15) is 0 Å². The molecule has 168 valence electrons. The molecule has 1 N–H and O–H groups in total. The lowest BCUT2D eigenvalue weighted by Crippen LogP contribution is -2.41. The van der Waals surface area contributed by atoms with Crippen LogP contribution in [0.1, 0.15) is 17.7 Å². The van der Waals surface area contributed by atoms with Crippen LogP contribution in [0.2, 0.25) is 0 Å². The average Bonchev–Trinajstić information content (AvgIpc) is 3.17. The second-order valence-corrected chi connectivity index (χ2v) is 8.38. The smallest absolute Gasteiger partial charge is 0.228 e.